The Balaban J connectivity index is 2.08. The summed E-state index contributed by atoms with van der Waals surface area (Å²) in [5, 5.41) is 13.8. The van der Waals surface area contributed by atoms with Crippen LogP contribution in [0.3, 0.4) is 0 Å². The predicted octanol–water partition coefficient (Wildman–Crippen LogP) is 1.56. The molecular weight excluding hydrogens is 357 g/mol. The Morgan fingerprint density at radius 1 is 1.11 bits per heavy atom. The van der Waals surface area contributed by atoms with Crippen molar-refractivity contribution >= 4 is 40.2 Å². The molecular formula is C14H13INO3-. The third kappa shape index (κ3) is 3.56. The molecule has 5 heteroatoms. The zero-order valence-electron chi connectivity index (χ0n) is 10.1. The lowest BCUT2D eigenvalue weighted by atomic mass is 9.82. The van der Waals surface area contributed by atoms with Gasteiger partial charge in [-0.05, 0) is 59.7 Å². The summed E-state index contributed by atoms with van der Waals surface area (Å²) in [7, 11) is 0. The van der Waals surface area contributed by atoms with Gasteiger partial charge in [-0.1, -0.05) is 12.2 Å². The smallest absolute Gasteiger partial charge is 0.228 e. The van der Waals surface area contributed by atoms with Crippen LogP contribution in [0.25, 0.3) is 0 Å². The zero-order valence-corrected chi connectivity index (χ0v) is 12.3. The van der Waals surface area contributed by atoms with E-state index in [9.17, 15) is 14.7 Å². The second-order valence-electron chi connectivity index (χ2n) is 4.47. The summed E-state index contributed by atoms with van der Waals surface area (Å²) >= 11 is 2.18. The molecule has 1 aliphatic carbocycles. The minimum absolute atomic E-state index is 0.264. The molecule has 1 amide bonds. The third-order valence-corrected chi connectivity index (χ3v) is 3.90. The van der Waals surface area contributed by atoms with Gasteiger partial charge < -0.3 is 15.2 Å². The first-order valence-electron chi connectivity index (χ1n) is 6.00. The topological polar surface area (TPSA) is 69.2 Å². The number of nitrogens with one attached hydrogen (secondary N) is 1. The lowest BCUT2D eigenvalue weighted by Crippen LogP contribution is -2.41. The highest BCUT2D eigenvalue weighted by Gasteiger charge is 2.29. The number of carboxylic acids is 1. The van der Waals surface area contributed by atoms with E-state index in [1.165, 1.54) is 0 Å². The number of hydrogen-bond donors (Lipinski definition) is 1. The molecule has 1 aromatic rings. The molecule has 2 rings (SSSR count). The van der Waals surface area contributed by atoms with E-state index in [-0.39, 0.29) is 5.91 Å². The maximum absolute atomic E-state index is 12.1. The number of anilines is 1. The fraction of sp³-hybridized carbons (Fsp3) is 0.286. The van der Waals surface area contributed by atoms with Crippen molar-refractivity contribution in [3.63, 3.8) is 0 Å². The quantitative estimate of drug-likeness (QED) is 0.649. The van der Waals surface area contributed by atoms with Crippen LogP contribution in [0.1, 0.15) is 12.8 Å². The lowest BCUT2D eigenvalue weighted by molar-refractivity contribution is -0.313. The third-order valence-electron chi connectivity index (χ3n) is 3.18. The van der Waals surface area contributed by atoms with Crippen molar-refractivity contribution in [2.45, 2.75) is 12.8 Å². The molecule has 0 heterocycles. The standard InChI is InChI=1S/C14H14INO3/c15-9-5-7-10(8-6-9)16-13(17)11-3-1-2-4-12(11)14(18)19/h1-2,5-8,11-12H,3-4H2,(H,16,17)(H,18,19)/p-1/t11-,12-/m0/s1. The summed E-state index contributed by atoms with van der Waals surface area (Å²) in [6.45, 7) is 0. The van der Waals surface area contributed by atoms with Gasteiger partial charge in [0.1, 0.15) is 0 Å². The summed E-state index contributed by atoms with van der Waals surface area (Å²) in [6, 6.07) is 7.36. The monoisotopic (exact) mass is 370 g/mol. The van der Waals surface area contributed by atoms with Gasteiger partial charge in [0.15, 0.2) is 0 Å². The normalized spacial score (nSPS) is 21.9. The summed E-state index contributed by atoms with van der Waals surface area (Å²) < 4.78 is 1.07. The molecule has 0 bridgehead atoms. The SMILES string of the molecule is O=C([O-])[C@H]1CC=CC[C@@H]1C(=O)Nc1ccc(I)cc1. The van der Waals surface area contributed by atoms with Crippen LogP contribution in [-0.2, 0) is 9.59 Å². The number of rotatable bonds is 3. The lowest BCUT2D eigenvalue weighted by Gasteiger charge is -2.28. The van der Waals surface area contributed by atoms with E-state index in [1.54, 1.807) is 18.2 Å². The van der Waals surface area contributed by atoms with Crippen LogP contribution in [0.15, 0.2) is 36.4 Å². The van der Waals surface area contributed by atoms with Gasteiger partial charge >= 0.3 is 0 Å². The van der Waals surface area contributed by atoms with Crippen LogP contribution in [0, 0.1) is 15.4 Å². The zero-order chi connectivity index (χ0) is 13.8. The summed E-state index contributed by atoms with van der Waals surface area (Å²) in [4.78, 5) is 23.2. The van der Waals surface area contributed by atoms with E-state index in [1.807, 2.05) is 18.2 Å². The Kier molecular flexibility index (Phi) is 4.57. The van der Waals surface area contributed by atoms with E-state index in [4.69, 9.17) is 0 Å². The summed E-state index contributed by atoms with van der Waals surface area (Å²) in [6.07, 6.45) is 4.43. The minimum atomic E-state index is -1.16. The van der Waals surface area contributed by atoms with Crippen molar-refractivity contribution in [2.24, 2.45) is 11.8 Å². The van der Waals surface area contributed by atoms with Crippen molar-refractivity contribution in [3.05, 3.63) is 40.0 Å². The molecule has 0 saturated heterocycles. The van der Waals surface area contributed by atoms with Gasteiger partial charge in [-0.3, -0.25) is 4.79 Å². The van der Waals surface area contributed by atoms with Gasteiger partial charge in [0.05, 0.1) is 5.92 Å². The Morgan fingerprint density at radius 3 is 2.26 bits per heavy atom. The maximum Gasteiger partial charge on any atom is 0.228 e. The van der Waals surface area contributed by atoms with Crippen molar-refractivity contribution in [1.82, 2.24) is 0 Å². The van der Waals surface area contributed by atoms with Crippen LogP contribution in [-0.4, -0.2) is 11.9 Å². The molecule has 0 unspecified atom stereocenters. The van der Waals surface area contributed by atoms with Crippen molar-refractivity contribution in [2.75, 3.05) is 5.32 Å². The van der Waals surface area contributed by atoms with Crippen molar-refractivity contribution in [1.29, 1.82) is 0 Å². The van der Waals surface area contributed by atoms with E-state index in [0.29, 0.717) is 18.5 Å². The Morgan fingerprint density at radius 2 is 1.68 bits per heavy atom. The van der Waals surface area contributed by atoms with Gasteiger partial charge in [-0.15, -0.1) is 0 Å². The number of carboxylic acid groups (broad SMARTS) is 1. The van der Waals surface area contributed by atoms with E-state index in [2.05, 4.69) is 27.9 Å². The number of benzene rings is 1. The second kappa shape index (κ2) is 6.18. The molecule has 1 N–H and O–H groups in total. The largest absolute Gasteiger partial charge is 0.550 e. The van der Waals surface area contributed by atoms with Crippen LogP contribution in [0.5, 0.6) is 0 Å². The molecule has 19 heavy (non-hydrogen) atoms. The predicted molar refractivity (Wildman–Crippen MR) is 78.1 cm³/mol. The van der Waals surface area contributed by atoms with Gasteiger partial charge in [-0.25, -0.2) is 0 Å². The van der Waals surface area contributed by atoms with Gasteiger partial charge in [-0.2, -0.15) is 0 Å². The van der Waals surface area contributed by atoms with Crippen LogP contribution >= 0.6 is 22.6 Å². The van der Waals surface area contributed by atoms with Gasteiger partial charge in [0.2, 0.25) is 5.91 Å². The van der Waals surface area contributed by atoms with Crippen molar-refractivity contribution < 1.29 is 14.7 Å². The average Bonchev–Trinajstić information content (AvgIpc) is 2.41. The molecule has 2 atom stereocenters. The molecule has 4 nitrogen and oxygen atoms in total. The molecule has 0 radical (unpaired) electrons. The highest BCUT2D eigenvalue weighted by Crippen LogP contribution is 2.26. The van der Waals surface area contributed by atoms with E-state index < -0.39 is 17.8 Å². The highest BCUT2D eigenvalue weighted by molar-refractivity contribution is 14.1. The van der Waals surface area contributed by atoms with E-state index >= 15 is 0 Å². The summed E-state index contributed by atoms with van der Waals surface area (Å²) in [5.41, 5.74) is 0.678. The maximum atomic E-state index is 12.1. The van der Waals surface area contributed by atoms with E-state index in [0.717, 1.165) is 3.57 Å². The average molecular weight is 370 g/mol. The van der Waals surface area contributed by atoms with Crippen molar-refractivity contribution in [3.8, 4) is 0 Å². The Bertz CT molecular complexity index is 510. The Hall–Kier alpha value is -1.37. The van der Waals surface area contributed by atoms with Crippen LogP contribution in [0.4, 0.5) is 5.69 Å². The molecule has 1 aliphatic rings. The number of amides is 1. The summed E-state index contributed by atoms with van der Waals surface area (Å²) in [5.74, 6) is -2.73. The van der Waals surface area contributed by atoms with Gasteiger partial charge in [0, 0.05) is 21.1 Å². The fourth-order valence-electron chi connectivity index (χ4n) is 2.13. The number of halogens is 1. The Labute approximate surface area is 125 Å². The fourth-order valence-corrected chi connectivity index (χ4v) is 2.49. The first-order chi connectivity index (χ1) is 9.08. The molecule has 0 fully saturated rings. The number of carbonyl (C=O) groups is 2. The van der Waals surface area contributed by atoms with Crippen LogP contribution < -0.4 is 10.4 Å². The molecule has 0 spiro atoms. The number of carbonyl (C=O) groups excluding carboxylic acids is 2. The molecule has 0 aromatic heterocycles. The van der Waals surface area contributed by atoms with Crippen LogP contribution in [0.2, 0.25) is 0 Å². The molecule has 100 valence electrons. The van der Waals surface area contributed by atoms with Gasteiger partial charge in [0.25, 0.3) is 0 Å². The number of hydrogen-bond acceptors (Lipinski definition) is 3. The second-order valence-corrected chi connectivity index (χ2v) is 5.72. The highest BCUT2D eigenvalue weighted by atomic mass is 127. The molecule has 0 aliphatic heterocycles. The molecule has 1 aromatic carbocycles. The number of allylic oxidation sites excluding steroid dienone is 2. The number of aliphatic carboxylic acids is 1. The first-order valence-corrected chi connectivity index (χ1v) is 7.08. The first kappa shape index (κ1) is 14.0. The molecule has 0 saturated carbocycles. The minimum Gasteiger partial charge on any atom is -0.550 e.